The molecular formula is C45H54BN9O2Y+. The van der Waals surface area contributed by atoms with Gasteiger partial charge in [-0.2, -0.15) is 0 Å². The van der Waals surface area contributed by atoms with E-state index in [1.165, 1.54) is 142 Å². The maximum Gasteiger partial charge on any atom is 0.402 e. The van der Waals surface area contributed by atoms with Crippen molar-refractivity contribution in [1.29, 1.82) is 0 Å². The van der Waals surface area contributed by atoms with Gasteiger partial charge in [-0.3, -0.25) is 0 Å². The maximum atomic E-state index is 10.8. The Hall–Kier alpha value is -3.86. The summed E-state index contributed by atoms with van der Waals surface area (Å²) >= 11 is 0. The predicted octanol–water partition coefficient (Wildman–Crippen LogP) is 6.55. The summed E-state index contributed by atoms with van der Waals surface area (Å²) in [5.74, 6) is 5.48. The first-order valence-electron chi connectivity index (χ1n) is 20.6. The number of benzene rings is 1. The van der Waals surface area contributed by atoms with Crippen LogP contribution in [0.1, 0.15) is 131 Å². The van der Waals surface area contributed by atoms with E-state index in [0.717, 1.165) is 63.5 Å². The van der Waals surface area contributed by atoms with Gasteiger partial charge in [0.15, 0.2) is 0 Å². The van der Waals surface area contributed by atoms with Gasteiger partial charge in [0, 0.05) is 93.6 Å². The van der Waals surface area contributed by atoms with Crippen LogP contribution in [0, 0.1) is 7.43 Å². The van der Waals surface area contributed by atoms with E-state index >= 15 is 0 Å². The largest absolute Gasteiger partial charge is 0.478 e. The van der Waals surface area contributed by atoms with E-state index < -0.39 is 11.9 Å². The first-order chi connectivity index (χ1) is 26.6. The number of aromatic nitrogens is 2. The van der Waals surface area contributed by atoms with E-state index in [0.29, 0.717) is 12.1 Å². The van der Waals surface area contributed by atoms with E-state index in [-0.39, 0.29) is 57.4 Å². The van der Waals surface area contributed by atoms with Crippen LogP contribution >= 0.6 is 0 Å². The van der Waals surface area contributed by atoms with Crippen LogP contribution in [0.2, 0.25) is 0 Å². The number of amidine groups is 4. The van der Waals surface area contributed by atoms with Crippen molar-refractivity contribution in [1.82, 2.24) is 14.5 Å². The third kappa shape index (κ3) is 5.12. The van der Waals surface area contributed by atoms with Crippen molar-refractivity contribution in [2.24, 2.45) is 20.0 Å². The molecule has 10 aliphatic rings. The Morgan fingerprint density at radius 3 is 1.78 bits per heavy atom. The monoisotopic (exact) mass is 853 g/mol. The summed E-state index contributed by atoms with van der Waals surface area (Å²) in [7, 11) is 0. The van der Waals surface area contributed by atoms with Crippen LogP contribution in [0.5, 0.6) is 0 Å². The number of carboxylic acid groups (broad SMARTS) is 1. The molecule has 1 unspecified atom stereocenters. The molecule has 13 heteroatoms. The molecule has 0 saturated heterocycles. The number of fused-ring (bicyclic) bond motifs is 10. The van der Waals surface area contributed by atoms with Crippen molar-refractivity contribution in [3.63, 3.8) is 0 Å². The van der Waals surface area contributed by atoms with Gasteiger partial charge in [0.25, 0.3) is 23.3 Å². The second-order valence-corrected chi connectivity index (χ2v) is 16.4. The molecule has 0 amide bonds. The average Bonchev–Trinajstić information content (AvgIpc) is 3.93. The van der Waals surface area contributed by atoms with Crippen LogP contribution in [0.25, 0.3) is 0 Å². The molecule has 1 atom stereocenters. The number of hydrogen-bond acceptors (Lipinski definition) is 6. The summed E-state index contributed by atoms with van der Waals surface area (Å²) in [6.07, 6.45) is 18.7. The van der Waals surface area contributed by atoms with Crippen LogP contribution in [0.3, 0.4) is 0 Å². The average molecular weight is 854 g/mol. The summed E-state index contributed by atoms with van der Waals surface area (Å²) in [6, 6.07) is 7.03. The summed E-state index contributed by atoms with van der Waals surface area (Å²) in [4.78, 5) is 33.3. The number of nitrogens with zero attached hydrogens (tertiary/aromatic N) is 8. The van der Waals surface area contributed by atoms with E-state index in [9.17, 15) is 4.79 Å². The topological polar surface area (TPSA) is 115 Å². The third-order valence-electron chi connectivity index (χ3n) is 13.6. The summed E-state index contributed by atoms with van der Waals surface area (Å²) in [5, 5.41) is 11.9. The summed E-state index contributed by atoms with van der Waals surface area (Å²) in [5.41, 5.74) is 15.2. The number of carbonyl (C=O) groups is 1. The molecule has 3 aromatic rings. The molecule has 2 aromatic heterocycles. The number of rotatable bonds is 4. The summed E-state index contributed by atoms with van der Waals surface area (Å²) in [6.45, 7) is 3.44. The molecule has 6 aliphatic heterocycles. The van der Waals surface area contributed by atoms with Gasteiger partial charge in [-0.05, 0) is 121 Å². The first-order valence-corrected chi connectivity index (χ1v) is 20.6. The molecule has 4 radical (unpaired) electrons. The van der Waals surface area contributed by atoms with Crippen molar-refractivity contribution in [2.75, 3.05) is 6.54 Å². The minimum absolute atomic E-state index is 0. The molecular weight excluding hydrogens is 798 g/mol. The smallest absolute Gasteiger partial charge is 0.402 e. The Morgan fingerprint density at radius 2 is 1.19 bits per heavy atom. The summed E-state index contributed by atoms with van der Waals surface area (Å²) < 4.78 is 10.3. The molecule has 11 nitrogen and oxygen atoms in total. The van der Waals surface area contributed by atoms with Gasteiger partial charge in [0.2, 0.25) is 11.3 Å². The molecule has 0 fully saturated rings. The minimum Gasteiger partial charge on any atom is -0.478 e. The second kappa shape index (κ2) is 15.0. The Balaban J connectivity index is 0.000000258. The zero-order valence-corrected chi connectivity index (χ0v) is 36.0. The van der Waals surface area contributed by atoms with Crippen molar-refractivity contribution in [3.8, 4) is 0 Å². The quantitative estimate of drug-likeness (QED) is 0.176. The third-order valence-corrected chi connectivity index (χ3v) is 13.6. The second-order valence-electron chi connectivity index (χ2n) is 16.4. The Labute approximate surface area is 369 Å². The van der Waals surface area contributed by atoms with Crippen LogP contribution in [0.4, 0.5) is 11.6 Å². The zero-order chi connectivity index (χ0) is 35.9. The first kappa shape index (κ1) is 40.9. The molecule has 296 valence electrons. The van der Waals surface area contributed by atoms with Gasteiger partial charge >= 0.3 is 11.9 Å². The maximum absolute atomic E-state index is 10.8. The number of nitrogens with one attached hydrogen (secondary N) is 1. The SMILES string of the molecule is C.C1CCC2=C(C1)C1=Nc3c4c(c5n3C36n7c(c8c(c7=N5)CCCC8)=NC5=[N+]3C(=NC2=[N+]16)C1=C5CCCC1)CCCC4.CCNCc1ccccc1C(=O)O.[2HH].[B].[CH3-].[Y]. The van der Waals surface area contributed by atoms with Crippen LogP contribution in [-0.4, -0.2) is 67.7 Å². The fourth-order valence-corrected chi connectivity index (χ4v) is 11.3. The predicted molar refractivity (Wildman–Crippen MR) is 225 cm³/mol. The zero-order valence-electron chi connectivity index (χ0n) is 33.1. The van der Waals surface area contributed by atoms with Crippen LogP contribution in [-0.2, 0) is 70.8 Å². The molecule has 0 bridgehead atoms. The van der Waals surface area contributed by atoms with Gasteiger partial charge in [0.1, 0.15) is 11.3 Å². The van der Waals surface area contributed by atoms with Crippen LogP contribution < -0.4 is 16.3 Å². The molecule has 1 spiro atoms. The number of carboxylic acids is 1. The van der Waals surface area contributed by atoms with Gasteiger partial charge in [-0.25, -0.2) is 18.9 Å². The molecule has 13 rings (SSSR count). The van der Waals surface area contributed by atoms with E-state index in [1.807, 2.05) is 19.1 Å². The van der Waals surface area contributed by atoms with Crippen LogP contribution in [0.15, 0.2) is 66.5 Å². The minimum atomic E-state index is -0.867. The number of hydrogen-bond donors (Lipinski definition) is 2. The van der Waals surface area contributed by atoms with Crippen molar-refractivity contribution >= 4 is 49.4 Å². The van der Waals surface area contributed by atoms with Gasteiger partial charge < -0.3 is 17.8 Å². The van der Waals surface area contributed by atoms with Crippen molar-refractivity contribution < 1.29 is 53.2 Å². The molecule has 1 aromatic carbocycles. The fraction of sp³-hybridized carbons (Fsp3) is 0.467. The number of aliphatic imine (C=N–C) groups is 2. The van der Waals surface area contributed by atoms with E-state index in [2.05, 4.69) is 23.6 Å². The molecule has 58 heavy (non-hydrogen) atoms. The Bertz CT molecular complexity index is 2660. The Kier molecular flexibility index (Phi) is 10.6. The molecule has 8 heterocycles. The normalized spacial score (nSPS) is 22.6. The molecule has 0 saturated carbocycles. The fourth-order valence-electron chi connectivity index (χ4n) is 11.3. The van der Waals surface area contributed by atoms with Gasteiger partial charge in [0.05, 0.1) is 5.56 Å². The number of aromatic carboxylic acids is 1. The Morgan fingerprint density at radius 1 is 0.707 bits per heavy atom. The van der Waals surface area contributed by atoms with E-state index in [1.54, 1.807) is 12.1 Å². The van der Waals surface area contributed by atoms with Crippen molar-refractivity contribution in [2.45, 2.75) is 130 Å². The molecule has 4 aliphatic carbocycles. The van der Waals surface area contributed by atoms with Gasteiger partial charge in [-0.15, -0.1) is 9.15 Å². The van der Waals surface area contributed by atoms with Crippen molar-refractivity contribution in [3.05, 3.63) is 98.3 Å². The van der Waals surface area contributed by atoms with Gasteiger partial charge in [-0.1, -0.05) is 47.5 Å². The standard InChI is InChI=1S/C33H32N8.C10H13NO2.CH4.CH3.B.Y.H2/c1-2-10-18-17(9-1)25-34-27-19-11-3-4-12-20(19)29-36-31-23-15-7-8-16-24(23)32-37-30-22-14-6-5-13-21(22)28-35-26(18)38(25)33(39(27)29,40(28)30)41(31)32;1-2-11-7-8-5-3-4-6-9(8)10(12)13;;;;;/h1-16H2;3-6,11H,2,7H2,1H3,(H,12,13);1H4;1H3;;;1H/q+2;;;-1;;;/i;;;;;;1+1. The molecule has 2 N–H and O–H groups in total. The van der Waals surface area contributed by atoms with E-state index in [4.69, 9.17) is 25.1 Å².